The van der Waals surface area contributed by atoms with Crippen LogP contribution in [0.5, 0.6) is 0 Å². The molecule has 2 N–H and O–H groups in total. The minimum absolute atomic E-state index is 0.629. The van der Waals surface area contributed by atoms with Crippen molar-refractivity contribution in [2.45, 2.75) is 26.7 Å². The van der Waals surface area contributed by atoms with Crippen LogP contribution in [-0.4, -0.2) is 39.6 Å². The Morgan fingerprint density at radius 3 is 2.73 bits per heavy atom. The lowest BCUT2D eigenvalue weighted by atomic mass is 9.98. The minimum atomic E-state index is 0.629. The molecule has 0 spiro atoms. The predicted octanol–water partition coefficient (Wildman–Crippen LogP) is 1.96. The molecule has 0 unspecified atom stereocenters. The smallest absolute Gasteiger partial charge is 0.182 e. The summed E-state index contributed by atoms with van der Waals surface area (Å²) in [6.07, 6.45) is 7.44. The lowest BCUT2D eigenvalue weighted by molar-refractivity contribution is 0.389. The van der Waals surface area contributed by atoms with Crippen molar-refractivity contribution in [3.05, 3.63) is 29.8 Å². The molecule has 0 bridgehead atoms. The molecule has 3 heterocycles. The zero-order valence-corrected chi connectivity index (χ0v) is 13.1. The second-order valence-corrected chi connectivity index (χ2v) is 5.77. The van der Waals surface area contributed by atoms with Crippen LogP contribution < -0.4 is 10.6 Å². The molecular weight excluding hydrogens is 276 g/mol. The Balaban J connectivity index is 1.79. The highest BCUT2D eigenvalue weighted by Gasteiger charge is 2.15. The SMILES string of the molecule is Cc1nc(-c2cnccn2)nc(NCC2CCNCC2)c1C. The molecular formula is C16H22N6. The van der Waals surface area contributed by atoms with Gasteiger partial charge in [0.25, 0.3) is 0 Å². The van der Waals surface area contributed by atoms with Gasteiger partial charge in [-0.1, -0.05) is 0 Å². The van der Waals surface area contributed by atoms with E-state index in [4.69, 9.17) is 0 Å². The van der Waals surface area contributed by atoms with Gasteiger partial charge in [-0.15, -0.1) is 0 Å². The van der Waals surface area contributed by atoms with Crippen LogP contribution in [0.2, 0.25) is 0 Å². The highest BCUT2D eigenvalue weighted by atomic mass is 15.1. The van der Waals surface area contributed by atoms with E-state index in [2.05, 4.69) is 37.5 Å². The van der Waals surface area contributed by atoms with Crippen LogP contribution in [0, 0.1) is 19.8 Å². The fourth-order valence-corrected chi connectivity index (χ4v) is 2.66. The number of aryl methyl sites for hydroxylation is 1. The molecule has 6 nitrogen and oxygen atoms in total. The Morgan fingerprint density at radius 1 is 1.18 bits per heavy atom. The first-order chi connectivity index (χ1) is 10.7. The van der Waals surface area contributed by atoms with Crippen molar-refractivity contribution in [1.82, 2.24) is 25.3 Å². The third-order valence-corrected chi connectivity index (χ3v) is 4.20. The largest absolute Gasteiger partial charge is 0.369 e. The Hall–Kier alpha value is -2.08. The summed E-state index contributed by atoms with van der Waals surface area (Å²) >= 11 is 0. The Bertz CT molecular complexity index is 622. The van der Waals surface area contributed by atoms with Crippen molar-refractivity contribution in [2.24, 2.45) is 5.92 Å². The van der Waals surface area contributed by atoms with Gasteiger partial charge in [0.05, 0.1) is 6.20 Å². The summed E-state index contributed by atoms with van der Waals surface area (Å²) in [4.78, 5) is 17.6. The molecule has 2 aromatic rings. The van der Waals surface area contributed by atoms with E-state index in [0.29, 0.717) is 17.4 Å². The average Bonchev–Trinajstić information content (AvgIpc) is 2.58. The highest BCUT2D eigenvalue weighted by Crippen LogP contribution is 2.21. The third kappa shape index (κ3) is 3.39. The molecule has 0 amide bonds. The van der Waals surface area contributed by atoms with E-state index in [9.17, 15) is 0 Å². The van der Waals surface area contributed by atoms with Crippen LogP contribution in [0.15, 0.2) is 18.6 Å². The first-order valence-corrected chi connectivity index (χ1v) is 7.80. The molecule has 22 heavy (non-hydrogen) atoms. The van der Waals surface area contributed by atoms with E-state index < -0.39 is 0 Å². The molecule has 1 aliphatic heterocycles. The number of anilines is 1. The maximum Gasteiger partial charge on any atom is 0.182 e. The Morgan fingerprint density at radius 2 is 2.00 bits per heavy atom. The van der Waals surface area contributed by atoms with E-state index in [1.807, 2.05) is 6.92 Å². The van der Waals surface area contributed by atoms with Crippen LogP contribution in [0.1, 0.15) is 24.1 Å². The van der Waals surface area contributed by atoms with Crippen LogP contribution in [-0.2, 0) is 0 Å². The summed E-state index contributed by atoms with van der Waals surface area (Å²) in [5.74, 6) is 2.24. The topological polar surface area (TPSA) is 75.6 Å². The lowest BCUT2D eigenvalue weighted by Gasteiger charge is -2.23. The molecule has 0 saturated carbocycles. The number of nitrogens with one attached hydrogen (secondary N) is 2. The van der Waals surface area contributed by atoms with Gasteiger partial charge >= 0.3 is 0 Å². The number of hydrogen-bond donors (Lipinski definition) is 2. The van der Waals surface area contributed by atoms with Gasteiger partial charge in [0.2, 0.25) is 0 Å². The van der Waals surface area contributed by atoms with Crippen molar-refractivity contribution < 1.29 is 0 Å². The van der Waals surface area contributed by atoms with Gasteiger partial charge in [0, 0.05) is 30.2 Å². The normalized spacial score (nSPS) is 15.7. The standard InChI is InChI=1S/C16H22N6/c1-11-12(2)21-16(14-10-18-7-8-19-14)22-15(11)20-9-13-3-5-17-6-4-13/h7-8,10,13,17H,3-6,9H2,1-2H3,(H,20,21,22). The molecule has 116 valence electrons. The molecule has 0 aromatic carbocycles. The summed E-state index contributed by atoms with van der Waals surface area (Å²) in [5.41, 5.74) is 2.78. The molecule has 6 heteroatoms. The molecule has 3 rings (SSSR count). The van der Waals surface area contributed by atoms with Gasteiger partial charge in [-0.3, -0.25) is 4.98 Å². The zero-order valence-electron chi connectivity index (χ0n) is 13.1. The molecule has 1 saturated heterocycles. The van der Waals surface area contributed by atoms with Gasteiger partial charge in [0.15, 0.2) is 5.82 Å². The summed E-state index contributed by atoms with van der Waals surface area (Å²) in [7, 11) is 0. The van der Waals surface area contributed by atoms with E-state index in [-0.39, 0.29) is 0 Å². The third-order valence-electron chi connectivity index (χ3n) is 4.20. The van der Waals surface area contributed by atoms with E-state index >= 15 is 0 Å². The second kappa shape index (κ2) is 6.79. The van der Waals surface area contributed by atoms with Gasteiger partial charge in [0.1, 0.15) is 11.5 Å². The van der Waals surface area contributed by atoms with Crippen molar-refractivity contribution in [3.63, 3.8) is 0 Å². The maximum atomic E-state index is 4.65. The van der Waals surface area contributed by atoms with Gasteiger partial charge in [-0.2, -0.15) is 0 Å². The van der Waals surface area contributed by atoms with Crippen LogP contribution >= 0.6 is 0 Å². The van der Waals surface area contributed by atoms with Crippen molar-refractivity contribution in [2.75, 3.05) is 25.0 Å². The monoisotopic (exact) mass is 298 g/mol. The molecule has 1 aliphatic rings. The summed E-state index contributed by atoms with van der Waals surface area (Å²) < 4.78 is 0. The molecule has 2 aromatic heterocycles. The first-order valence-electron chi connectivity index (χ1n) is 7.80. The molecule has 0 atom stereocenters. The van der Waals surface area contributed by atoms with Crippen molar-refractivity contribution in [3.8, 4) is 11.5 Å². The molecule has 0 aliphatic carbocycles. The fourth-order valence-electron chi connectivity index (χ4n) is 2.66. The van der Waals surface area contributed by atoms with Gasteiger partial charge in [-0.05, 0) is 45.7 Å². The van der Waals surface area contributed by atoms with Gasteiger partial charge < -0.3 is 10.6 Å². The number of nitrogens with zero attached hydrogens (tertiary/aromatic N) is 4. The fraction of sp³-hybridized carbons (Fsp3) is 0.500. The molecule has 1 fully saturated rings. The number of hydrogen-bond acceptors (Lipinski definition) is 6. The average molecular weight is 298 g/mol. The lowest BCUT2D eigenvalue weighted by Crippen LogP contribution is -2.31. The summed E-state index contributed by atoms with van der Waals surface area (Å²) in [6, 6.07) is 0. The van der Waals surface area contributed by atoms with Gasteiger partial charge in [-0.25, -0.2) is 15.0 Å². The summed E-state index contributed by atoms with van der Waals surface area (Å²) in [5, 5.41) is 6.90. The van der Waals surface area contributed by atoms with E-state index in [1.54, 1.807) is 18.6 Å². The van der Waals surface area contributed by atoms with Crippen molar-refractivity contribution >= 4 is 5.82 Å². The van der Waals surface area contributed by atoms with Crippen molar-refractivity contribution in [1.29, 1.82) is 0 Å². The predicted molar refractivity (Wildman–Crippen MR) is 86.6 cm³/mol. The Labute approximate surface area is 130 Å². The minimum Gasteiger partial charge on any atom is -0.369 e. The number of aromatic nitrogens is 4. The number of rotatable bonds is 4. The van der Waals surface area contributed by atoms with E-state index in [1.165, 1.54) is 12.8 Å². The van der Waals surface area contributed by atoms with E-state index in [0.717, 1.165) is 36.7 Å². The maximum absolute atomic E-state index is 4.65. The summed E-state index contributed by atoms with van der Waals surface area (Å²) in [6.45, 7) is 7.24. The van der Waals surface area contributed by atoms with Crippen LogP contribution in [0.4, 0.5) is 5.82 Å². The van der Waals surface area contributed by atoms with Crippen LogP contribution in [0.25, 0.3) is 11.5 Å². The van der Waals surface area contributed by atoms with Crippen LogP contribution in [0.3, 0.4) is 0 Å². The molecule has 0 radical (unpaired) electrons. The Kier molecular flexibility index (Phi) is 4.58. The zero-order chi connectivity index (χ0) is 15.4. The first kappa shape index (κ1) is 14.8. The quantitative estimate of drug-likeness (QED) is 0.898. The highest BCUT2D eigenvalue weighted by molar-refractivity contribution is 5.55. The second-order valence-electron chi connectivity index (χ2n) is 5.77. The number of piperidine rings is 1.